The van der Waals surface area contributed by atoms with E-state index in [-0.39, 0.29) is 11.7 Å². The summed E-state index contributed by atoms with van der Waals surface area (Å²) < 4.78 is 11.0. The highest BCUT2D eigenvalue weighted by Gasteiger charge is 2.15. The van der Waals surface area contributed by atoms with E-state index < -0.39 is 0 Å². The van der Waals surface area contributed by atoms with E-state index in [1.165, 1.54) is 0 Å². The molecule has 4 heteroatoms. The minimum Gasteiger partial charge on any atom is -0.495 e. The van der Waals surface area contributed by atoms with Crippen molar-refractivity contribution >= 4 is 33.3 Å². The van der Waals surface area contributed by atoms with Gasteiger partial charge in [0.1, 0.15) is 11.3 Å². The van der Waals surface area contributed by atoms with Gasteiger partial charge in [-0.2, -0.15) is 0 Å². The van der Waals surface area contributed by atoms with E-state index in [9.17, 15) is 4.79 Å². The molecule has 1 amide bonds. The van der Waals surface area contributed by atoms with Crippen molar-refractivity contribution < 1.29 is 13.9 Å². The van der Waals surface area contributed by atoms with Gasteiger partial charge in [0.2, 0.25) is 0 Å². The second-order valence-electron chi connectivity index (χ2n) is 5.46. The number of amides is 1. The Bertz CT molecular complexity index is 1050. The van der Waals surface area contributed by atoms with Crippen LogP contribution in [0, 0.1) is 0 Å². The average molecular weight is 317 g/mol. The number of carbonyl (C=O) groups excluding carboxylic acids is 1. The first-order valence-corrected chi connectivity index (χ1v) is 7.62. The largest absolute Gasteiger partial charge is 0.495 e. The Morgan fingerprint density at radius 3 is 2.62 bits per heavy atom. The van der Waals surface area contributed by atoms with Gasteiger partial charge in [0, 0.05) is 5.39 Å². The van der Waals surface area contributed by atoms with Crippen LogP contribution in [-0.2, 0) is 0 Å². The third kappa shape index (κ3) is 2.38. The Morgan fingerprint density at radius 2 is 1.75 bits per heavy atom. The number of fused-ring (bicyclic) bond motifs is 3. The second-order valence-corrected chi connectivity index (χ2v) is 5.46. The van der Waals surface area contributed by atoms with Gasteiger partial charge in [-0.25, -0.2) is 0 Å². The normalized spacial score (nSPS) is 10.9. The van der Waals surface area contributed by atoms with E-state index in [1.54, 1.807) is 25.3 Å². The summed E-state index contributed by atoms with van der Waals surface area (Å²) in [6.07, 6.45) is 0. The first-order chi connectivity index (χ1) is 11.8. The average Bonchev–Trinajstić information content (AvgIpc) is 3.07. The molecule has 118 valence electrons. The van der Waals surface area contributed by atoms with Crippen LogP contribution in [-0.4, -0.2) is 13.0 Å². The predicted molar refractivity (Wildman–Crippen MR) is 94.7 cm³/mol. The van der Waals surface area contributed by atoms with Gasteiger partial charge in [-0.3, -0.25) is 4.79 Å². The van der Waals surface area contributed by atoms with Gasteiger partial charge in [0.15, 0.2) is 5.76 Å². The van der Waals surface area contributed by atoms with Gasteiger partial charge in [0.05, 0.1) is 12.8 Å². The first-order valence-electron chi connectivity index (χ1n) is 7.62. The summed E-state index contributed by atoms with van der Waals surface area (Å²) in [5.74, 6) is 0.569. The monoisotopic (exact) mass is 317 g/mol. The summed E-state index contributed by atoms with van der Waals surface area (Å²) in [6.45, 7) is 0. The fraction of sp³-hybridized carbons (Fsp3) is 0.0500. The van der Waals surface area contributed by atoms with Crippen LogP contribution in [0.3, 0.4) is 0 Å². The summed E-state index contributed by atoms with van der Waals surface area (Å²) in [5, 5.41) is 5.94. The Kier molecular flexibility index (Phi) is 3.43. The molecular weight excluding hydrogens is 302 g/mol. The van der Waals surface area contributed by atoms with E-state index in [2.05, 4.69) is 5.32 Å². The van der Waals surface area contributed by atoms with Gasteiger partial charge < -0.3 is 14.5 Å². The number of para-hydroxylation sites is 2. The number of methoxy groups -OCH3 is 1. The van der Waals surface area contributed by atoms with Crippen LogP contribution in [0.1, 0.15) is 10.6 Å². The third-order valence-electron chi connectivity index (χ3n) is 4.00. The molecule has 1 N–H and O–H groups in total. The highest BCUT2D eigenvalue weighted by Crippen LogP contribution is 2.29. The van der Waals surface area contributed by atoms with Gasteiger partial charge in [0.25, 0.3) is 5.91 Å². The summed E-state index contributed by atoms with van der Waals surface area (Å²) >= 11 is 0. The quantitative estimate of drug-likeness (QED) is 0.588. The number of rotatable bonds is 3. The van der Waals surface area contributed by atoms with Crippen LogP contribution in [0.25, 0.3) is 21.7 Å². The molecule has 4 rings (SSSR count). The van der Waals surface area contributed by atoms with Gasteiger partial charge in [-0.1, -0.05) is 42.5 Å². The lowest BCUT2D eigenvalue weighted by Crippen LogP contribution is -2.11. The Labute approximate surface area is 138 Å². The van der Waals surface area contributed by atoms with E-state index in [1.807, 2.05) is 48.5 Å². The van der Waals surface area contributed by atoms with E-state index in [0.29, 0.717) is 17.0 Å². The van der Waals surface area contributed by atoms with Crippen molar-refractivity contribution in [1.82, 2.24) is 0 Å². The third-order valence-corrected chi connectivity index (χ3v) is 4.00. The molecule has 0 radical (unpaired) electrons. The Balaban J connectivity index is 1.73. The van der Waals surface area contributed by atoms with Crippen LogP contribution in [0.2, 0.25) is 0 Å². The van der Waals surface area contributed by atoms with Crippen LogP contribution in [0.5, 0.6) is 5.75 Å². The minimum absolute atomic E-state index is 0.271. The van der Waals surface area contributed by atoms with Crippen molar-refractivity contribution in [3.8, 4) is 5.75 Å². The molecule has 3 aromatic carbocycles. The second kappa shape index (κ2) is 5.74. The van der Waals surface area contributed by atoms with Crippen molar-refractivity contribution in [2.24, 2.45) is 0 Å². The molecule has 0 aliphatic rings. The zero-order valence-corrected chi connectivity index (χ0v) is 13.1. The van der Waals surface area contributed by atoms with E-state index >= 15 is 0 Å². The summed E-state index contributed by atoms with van der Waals surface area (Å²) in [6, 6.07) is 20.9. The van der Waals surface area contributed by atoms with Gasteiger partial charge in [-0.05, 0) is 35.0 Å². The van der Waals surface area contributed by atoms with Crippen molar-refractivity contribution in [3.05, 3.63) is 72.5 Å². The van der Waals surface area contributed by atoms with Crippen molar-refractivity contribution in [1.29, 1.82) is 0 Å². The number of benzene rings is 3. The number of ether oxygens (including phenoxy) is 1. The summed E-state index contributed by atoms with van der Waals surface area (Å²) in [7, 11) is 1.57. The van der Waals surface area contributed by atoms with Gasteiger partial charge in [-0.15, -0.1) is 0 Å². The molecule has 0 atom stereocenters. The number of furan rings is 1. The lowest BCUT2D eigenvalue weighted by Gasteiger charge is -2.08. The molecule has 1 heterocycles. The SMILES string of the molecule is COc1ccccc1NC(=O)c1cc2c(ccc3ccccc32)o1. The minimum atomic E-state index is -0.306. The summed E-state index contributed by atoms with van der Waals surface area (Å²) in [4.78, 5) is 12.5. The lowest BCUT2D eigenvalue weighted by molar-refractivity contribution is 0.0998. The number of nitrogens with one attached hydrogen (secondary N) is 1. The molecule has 0 fully saturated rings. The molecule has 0 bridgehead atoms. The molecule has 4 nitrogen and oxygen atoms in total. The first kappa shape index (κ1) is 14.3. The molecule has 0 aliphatic carbocycles. The molecule has 0 saturated carbocycles. The maximum Gasteiger partial charge on any atom is 0.291 e. The van der Waals surface area contributed by atoms with Crippen molar-refractivity contribution in [3.63, 3.8) is 0 Å². The van der Waals surface area contributed by atoms with Gasteiger partial charge >= 0.3 is 0 Å². The summed E-state index contributed by atoms with van der Waals surface area (Å²) in [5.41, 5.74) is 1.30. The highest BCUT2D eigenvalue weighted by atomic mass is 16.5. The number of hydrogen-bond donors (Lipinski definition) is 1. The molecule has 0 spiro atoms. The number of hydrogen-bond acceptors (Lipinski definition) is 3. The maximum absolute atomic E-state index is 12.5. The molecular formula is C20H15NO3. The molecule has 4 aromatic rings. The maximum atomic E-state index is 12.5. The lowest BCUT2D eigenvalue weighted by atomic mass is 10.1. The number of carbonyl (C=O) groups is 1. The smallest absolute Gasteiger partial charge is 0.291 e. The molecule has 0 saturated heterocycles. The zero-order chi connectivity index (χ0) is 16.5. The van der Waals surface area contributed by atoms with E-state index in [4.69, 9.17) is 9.15 Å². The predicted octanol–water partition coefficient (Wildman–Crippen LogP) is 4.85. The van der Waals surface area contributed by atoms with Crippen LogP contribution in [0.15, 0.2) is 71.1 Å². The van der Waals surface area contributed by atoms with Crippen LogP contribution in [0.4, 0.5) is 5.69 Å². The fourth-order valence-electron chi connectivity index (χ4n) is 2.84. The molecule has 24 heavy (non-hydrogen) atoms. The van der Waals surface area contributed by atoms with Crippen molar-refractivity contribution in [2.75, 3.05) is 12.4 Å². The number of anilines is 1. The fourth-order valence-corrected chi connectivity index (χ4v) is 2.84. The standard InChI is InChI=1S/C20H15NO3/c1-23-18-9-5-4-8-16(18)21-20(22)19-12-15-14-7-3-2-6-13(14)10-11-17(15)24-19/h2-12H,1H3,(H,21,22). The molecule has 0 aliphatic heterocycles. The van der Waals surface area contributed by atoms with Crippen molar-refractivity contribution in [2.45, 2.75) is 0 Å². The Hall–Kier alpha value is -3.27. The van der Waals surface area contributed by atoms with E-state index in [0.717, 1.165) is 16.2 Å². The molecule has 0 unspecified atom stereocenters. The molecule has 1 aromatic heterocycles. The van der Waals surface area contributed by atoms with Crippen LogP contribution >= 0.6 is 0 Å². The topological polar surface area (TPSA) is 51.5 Å². The van der Waals surface area contributed by atoms with Crippen LogP contribution < -0.4 is 10.1 Å². The zero-order valence-electron chi connectivity index (χ0n) is 13.1. The Morgan fingerprint density at radius 1 is 0.958 bits per heavy atom. The highest BCUT2D eigenvalue weighted by molar-refractivity contribution is 6.11.